The summed E-state index contributed by atoms with van der Waals surface area (Å²) in [6.07, 6.45) is 0. The number of aliphatic hydroxyl groups excluding tert-OH is 1. The Morgan fingerprint density at radius 2 is 1.76 bits per heavy atom. The zero-order valence-corrected chi connectivity index (χ0v) is 10.4. The molecule has 0 fully saturated rings. The maximum Gasteiger partial charge on any atom is 0.161 e. The minimum atomic E-state index is -0.458. The highest BCUT2D eigenvalue weighted by molar-refractivity contribution is 5.48. The average molecular weight is 241 g/mol. The smallest absolute Gasteiger partial charge is 0.161 e. The first-order chi connectivity index (χ1) is 8.17. The summed E-state index contributed by atoms with van der Waals surface area (Å²) in [5.74, 6) is 1.21. The number of hydrogen-bond donors (Lipinski definition) is 2. The molecule has 1 atom stereocenters. The van der Waals surface area contributed by atoms with Crippen LogP contribution in [0.1, 0.15) is 17.2 Å². The Labute approximate surface area is 101 Å². The van der Waals surface area contributed by atoms with Crippen LogP contribution in [0.3, 0.4) is 0 Å². The van der Waals surface area contributed by atoms with Crippen molar-refractivity contribution in [1.29, 1.82) is 0 Å². The topological polar surface area (TPSA) is 73.9 Å². The molecule has 1 aromatic carbocycles. The molecule has 0 aliphatic carbocycles. The van der Waals surface area contributed by atoms with Crippen LogP contribution in [-0.4, -0.2) is 33.0 Å². The second-order valence-corrected chi connectivity index (χ2v) is 3.63. The summed E-state index contributed by atoms with van der Waals surface area (Å²) in [4.78, 5) is 0. The Kier molecular flexibility index (Phi) is 5.21. The minimum absolute atomic E-state index is 0.133. The van der Waals surface area contributed by atoms with E-state index in [1.165, 1.54) is 0 Å². The molecule has 1 unspecified atom stereocenters. The second-order valence-electron chi connectivity index (χ2n) is 3.63. The van der Waals surface area contributed by atoms with Gasteiger partial charge >= 0.3 is 0 Å². The molecule has 0 saturated carbocycles. The highest BCUT2D eigenvalue weighted by Crippen LogP contribution is 2.33. The molecule has 3 N–H and O–H groups in total. The Morgan fingerprint density at radius 1 is 1.18 bits per heavy atom. The van der Waals surface area contributed by atoms with Crippen LogP contribution in [0.5, 0.6) is 11.5 Å². The lowest BCUT2D eigenvalue weighted by Gasteiger charge is -2.17. The summed E-state index contributed by atoms with van der Waals surface area (Å²) < 4.78 is 15.5. The van der Waals surface area contributed by atoms with Crippen molar-refractivity contribution in [2.75, 3.05) is 27.9 Å². The number of benzene rings is 1. The van der Waals surface area contributed by atoms with Crippen molar-refractivity contribution in [3.8, 4) is 11.5 Å². The lowest BCUT2D eigenvalue weighted by molar-refractivity contribution is 0.182. The quantitative estimate of drug-likeness (QED) is 0.772. The van der Waals surface area contributed by atoms with E-state index in [1.54, 1.807) is 27.4 Å². The fourth-order valence-electron chi connectivity index (χ4n) is 1.66. The molecule has 0 amide bonds. The summed E-state index contributed by atoms with van der Waals surface area (Å²) in [5, 5.41) is 9.13. The van der Waals surface area contributed by atoms with Crippen molar-refractivity contribution in [2.24, 2.45) is 5.73 Å². The Hall–Kier alpha value is -1.30. The summed E-state index contributed by atoms with van der Waals surface area (Å²) in [6.45, 7) is 0.273. The van der Waals surface area contributed by atoms with Gasteiger partial charge in [0.1, 0.15) is 0 Å². The second kappa shape index (κ2) is 6.44. The van der Waals surface area contributed by atoms with Gasteiger partial charge in [-0.15, -0.1) is 0 Å². The van der Waals surface area contributed by atoms with Gasteiger partial charge in [0.2, 0.25) is 0 Å². The highest BCUT2D eigenvalue weighted by atomic mass is 16.5. The van der Waals surface area contributed by atoms with Gasteiger partial charge in [0.15, 0.2) is 11.5 Å². The Bertz CT molecular complexity index is 368. The number of hydrogen-bond acceptors (Lipinski definition) is 5. The minimum Gasteiger partial charge on any atom is -0.493 e. The van der Waals surface area contributed by atoms with Crippen molar-refractivity contribution in [2.45, 2.75) is 12.6 Å². The van der Waals surface area contributed by atoms with Crippen molar-refractivity contribution in [3.63, 3.8) is 0 Å². The molecule has 0 heterocycles. The zero-order valence-electron chi connectivity index (χ0n) is 10.4. The predicted molar refractivity (Wildman–Crippen MR) is 64.3 cm³/mol. The van der Waals surface area contributed by atoms with Crippen LogP contribution < -0.4 is 15.2 Å². The Balaban J connectivity index is 3.24. The standard InChI is InChI=1S/C12H19NO4/c1-15-7-8-4-11(16-2)12(17-3)5-9(8)10(13)6-14/h4-5,10,14H,6-7,13H2,1-3H3. The number of ether oxygens (including phenoxy) is 3. The van der Waals surface area contributed by atoms with E-state index in [0.29, 0.717) is 18.1 Å². The molecule has 1 rings (SSSR count). The van der Waals surface area contributed by atoms with Crippen molar-refractivity contribution < 1.29 is 19.3 Å². The van der Waals surface area contributed by atoms with Crippen LogP contribution in [0.4, 0.5) is 0 Å². The molecule has 0 saturated heterocycles. The van der Waals surface area contributed by atoms with Crippen molar-refractivity contribution in [3.05, 3.63) is 23.3 Å². The largest absolute Gasteiger partial charge is 0.493 e. The van der Waals surface area contributed by atoms with E-state index in [0.717, 1.165) is 11.1 Å². The molecule has 5 heteroatoms. The lowest BCUT2D eigenvalue weighted by Crippen LogP contribution is -2.17. The molecule has 0 spiro atoms. The molecule has 0 aliphatic heterocycles. The first-order valence-corrected chi connectivity index (χ1v) is 5.28. The van der Waals surface area contributed by atoms with Crippen molar-refractivity contribution in [1.82, 2.24) is 0 Å². The molecular formula is C12H19NO4. The zero-order chi connectivity index (χ0) is 12.8. The SMILES string of the molecule is COCc1cc(OC)c(OC)cc1C(N)CO. The molecular weight excluding hydrogens is 222 g/mol. The van der Waals surface area contributed by atoms with Crippen LogP contribution in [0.2, 0.25) is 0 Å². The monoisotopic (exact) mass is 241 g/mol. The van der Waals surface area contributed by atoms with E-state index in [-0.39, 0.29) is 6.61 Å². The van der Waals surface area contributed by atoms with Gasteiger partial charge in [0.05, 0.1) is 33.5 Å². The number of methoxy groups -OCH3 is 3. The first-order valence-electron chi connectivity index (χ1n) is 5.28. The van der Waals surface area contributed by atoms with Gasteiger partial charge in [-0.2, -0.15) is 0 Å². The third kappa shape index (κ3) is 3.09. The third-order valence-electron chi connectivity index (χ3n) is 2.54. The maximum absolute atomic E-state index is 9.13. The van der Waals surface area contributed by atoms with Gasteiger partial charge in [-0.25, -0.2) is 0 Å². The van der Waals surface area contributed by atoms with Crippen molar-refractivity contribution >= 4 is 0 Å². The third-order valence-corrected chi connectivity index (χ3v) is 2.54. The molecule has 17 heavy (non-hydrogen) atoms. The predicted octanol–water partition coefficient (Wildman–Crippen LogP) is 0.842. The fraction of sp³-hybridized carbons (Fsp3) is 0.500. The van der Waals surface area contributed by atoms with Gasteiger partial charge in [-0.1, -0.05) is 0 Å². The fourth-order valence-corrected chi connectivity index (χ4v) is 1.66. The van der Waals surface area contributed by atoms with Crippen LogP contribution in [0.15, 0.2) is 12.1 Å². The summed E-state index contributed by atoms with van der Waals surface area (Å²) in [7, 11) is 4.73. The summed E-state index contributed by atoms with van der Waals surface area (Å²) in [5.41, 5.74) is 7.52. The van der Waals surface area contributed by atoms with E-state index in [2.05, 4.69) is 0 Å². The molecule has 0 aliphatic rings. The van der Waals surface area contributed by atoms with Gasteiger partial charge in [-0.3, -0.25) is 0 Å². The summed E-state index contributed by atoms with van der Waals surface area (Å²) >= 11 is 0. The van der Waals surface area contributed by atoms with Gasteiger partial charge in [-0.05, 0) is 23.3 Å². The number of nitrogens with two attached hydrogens (primary N) is 1. The molecule has 0 radical (unpaired) electrons. The number of rotatable bonds is 6. The highest BCUT2D eigenvalue weighted by Gasteiger charge is 2.15. The van der Waals surface area contributed by atoms with Gasteiger partial charge in [0, 0.05) is 7.11 Å². The lowest BCUT2D eigenvalue weighted by atomic mass is 10.0. The van der Waals surface area contributed by atoms with E-state index < -0.39 is 6.04 Å². The van der Waals surface area contributed by atoms with E-state index in [1.807, 2.05) is 6.07 Å². The molecule has 96 valence electrons. The normalized spacial score (nSPS) is 12.3. The number of aliphatic hydroxyl groups is 1. The summed E-state index contributed by atoms with van der Waals surface area (Å²) in [6, 6.07) is 3.13. The van der Waals surface area contributed by atoms with E-state index >= 15 is 0 Å². The molecule has 0 aromatic heterocycles. The van der Waals surface area contributed by atoms with E-state index in [4.69, 9.17) is 25.1 Å². The van der Waals surface area contributed by atoms with Gasteiger partial charge in [0.25, 0.3) is 0 Å². The van der Waals surface area contributed by atoms with Crippen LogP contribution in [0.25, 0.3) is 0 Å². The van der Waals surface area contributed by atoms with Crippen LogP contribution >= 0.6 is 0 Å². The van der Waals surface area contributed by atoms with Crippen LogP contribution in [0, 0.1) is 0 Å². The van der Waals surface area contributed by atoms with E-state index in [9.17, 15) is 0 Å². The molecule has 5 nitrogen and oxygen atoms in total. The Morgan fingerprint density at radius 3 is 2.24 bits per heavy atom. The molecule has 1 aromatic rings. The average Bonchev–Trinajstić information content (AvgIpc) is 2.37. The first kappa shape index (κ1) is 13.8. The van der Waals surface area contributed by atoms with Gasteiger partial charge < -0.3 is 25.1 Å². The molecule has 0 bridgehead atoms. The maximum atomic E-state index is 9.13. The van der Waals surface area contributed by atoms with Crippen LogP contribution in [-0.2, 0) is 11.3 Å².